The van der Waals surface area contributed by atoms with E-state index in [1.165, 1.54) is 0 Å². The van der Waals surface area contributed by atoms with E-state index in [-0.39, 0.29) is 6.61 Å². The first kappa shape index (κ1) is 29.0. The highest BCUT2D eigenvalue weighted by Gasteiger charge is 2.91. The third-order valence-corrected chi connectivity index (χ3v) is 3.47. The number of halogens is 12. The zero-order valence-electron chi connectivity index (χ0n) is 15.5. The molecule has 0 saturated heterocycles. The van der Waals surface area contributed by atoms with Gasteiger partial charge in [0.1, 0.15) is 0 Å². The minimum atomic E-state index is -7.85. The van der Waals surface area contributed by atoms with Crippen LogP contribution in [0.1, 0.15) is 33.6 Å². The normalized spacial score (nSPS) is 17.2. The fourth-order valence-electron chi connectivity index (χ4n) is 1.78. The highest BCUT2D eigenvalue weighted by atomic mass is 19.4. The van der Waals surface area contributed by atoms with Crippen LogP contribution in [0.25, 0.3) is 0 Å². The fourth-order valence-corrected chi connectivity index (χ4v) is 1.78. The van der Waals surface area contributed by atoms with Crippen LogP contribution < -0.4 is 0 Å². The summed E-state index contributed by atoms with van der Waals surface area (Å²) in [6.45, 7) is 3.19. The average Bonchev–Trinajstić information content (AvgIpc) is 2.52. The third kappa shape index (κ3) is 5.43. The number of aliphatic hydroxyl groups is 1. The molecule has 0 rings (SSSR count). The molecule has 0 saturated carbocycles. The Balaban J connectivity index is 5.64. The molecule has 0 amide bonds. The summed E-state index contributed by atoms with van der Waals surface area (Å²) in [6.07, 6.45) is -16.5. The van der Waals surface area contributed by atoms with Gasteiger partial charge in [0.15, 0.2) is 12.6 Å². The molecule has 0 radical (unpaired) electrons. The summed E-state index contributed by atoms with van der Waals surface area (Å²) in [5, 5.41) is 7.65. The van der Waals surface area contributed by atoms with Crippen LogP contribution in [0.5, 0.6) is 0 Å². The summed E-state index contributed by atoms with van der Waals surface area (Å²) >= 11 is 0. The molecule has 0 aromatic carbocycles. The second-order valence-electron chi connectivity index (χ2n) is 5.97. The second-order valence-corrected chi connectivity index (χ2v) is 5.97. The Kier molecular flexibility index (Phi) is 8.93. The van der Waals surface area contributed by atoms with Crippen LogP contribution in [-0.4, -0.2) is 60.2 Å². The van der Waals surface area contributed by atoms with Gasteiger partial charge in [-0.25, -0.2) is 0 Å². The van der Waals surface area contributed by atoms with Gasteiger partial charge in [0.2, 0.25) is 0 Å². The Morgan fingerprint density at radius 2 is 1.13 bits per heavy atom. The predicted molar refractivity (Wildman–Crippen MR) is 73.9 cm³/mol. The second kappa shape index (κ2) is 9.24. The number of alkyl halides is 12. The van der Waals surface area contributed by atoms with E-state index in [2.05, 4.69) is 9.47 Å². The summed E-state index contributed by atoms with van der Waals surface area (Å²) in [5.74, 6) is -30.7. The van der Waals surface area contributed by atoms with E-state index in [4.69, 9.17) is 9.84 Å². The van der Waals surface area contributed by atoms with Crippen LogP contribution in [0.3, 0.4) is 0 Å². The lowest BCUT2D eigenvalue weighted by Gasteiger charge is -2.40. The van der Waals surface area contributed by atoms with Crippen molar-refractivity contribution in [2.75, 3.05) is 6.61 Å². The number of rotatable bonds is 13. The SMILES string of the molecule is CCCCOC(C)OC(C)OC(F)(F)C(F)(F)C(F)(F)C(F)(F)C(F)(F)C(O)(F)F. The summed E-state index contributed by atoms with van der Waals surface area (Å²) in [6, 6.07) is 0. The Hall–Kier alpha value is -1.00. The maximum Gasteiger partial charge on any atom is 0.428 e. The van der Waals surface area contributed by atoms with Crippen molar-refractivity contribution in [1.29, 1.82) is 0 Å². The van der Waals surface area contributed by atoms with E-state index >= 15 is 0 Å². The molecule has 182 valence electrons. The molecule has 1 N–H and O–H groups in total. The van der Waals surface area contributed by atoms with Crippen molar-refractivity contribution in [3.8, 4) is 0 Å². The van der Waals surface area contributed by atoms with E-state index in [9.17, 15) is 52.7 Å². The van der Waals surface area contributed by atoms with Crippen LogP contribution in [0.2, 0.25) is 0 Å². The molecule has 0 aliphatic heterocycles. The molecule has 0 spiro atoms. The van der Waals surface area contributed by atoms with Gasteiger partial charge in [-0.15, -0.1) is 0 Å². The third-order valence-electron chi connectivity index (χ3n) is 3.47. The lowest BCUT2D eigenvalue weighted by molar-refractivity contribution is -0.483. The van der Waals surface area contributed by atoms with Gasteiger partial charge in [0.05, 0.1) is 0 Å². The molecule has 0 aromatic heterocycles. The lowest BCUT2D eigenvalue weighted by Crippen LogP contribution is -2.71. The lowest BCUT2D eigenvalue weighted by atomic mass is 9.97. The van der Waals surface area contributed by atoms with Crippen molar-refractivity contribution >= 4 is 0 Å². The van der Waals surface area contributed by atoms with Crippen molar-refractivity contribution in [3.63, 3.8) is 0 Å². The maximum atomic E-state index is 13.5. The van der Waals surface area contributed by atoms with Crippen LogP contribution in [0, 0.1) is 0 Å². The van der Waals surface area contributed by atoms with Crippen molar-refractivity contribution < 1.29 is 72.0 Å². The standard InChI is InChI=1S/C14H18F12O4/c1-4-5-6-28-7(2)29-8(3)30-14(25,26)12(21,22)10(17,18)9(15,16)11(19,20)13(23,24)27/h7-8,27H,4-6H2,1-3H3. The minimum Gasteiger partial charge on any atom is -0.353 e. The fraction of sp³-hybridized carbons (Fsp3) is 1.00. The Labute approximate surface area is 162 Å². The molecule has 0 heterocycles. The van der Waals surface area contributed by atoms with Gasteiger partial charge in [-0.1, -0.05) is 13.3 Å². The van der Waals surface area contributed by atoms with Crippen LogP contribution >= 0.6 is 0 Å². The number of hydrogen-bond donors (Lipinski definition) is 1. The number of ether oxygens (including phenoxy) is 3. The van der Waals surface area contributed by atoms with Crippen LogP contribution in [-0.2, 0) is 14.2 Å². The minimum absolute atomic E-state index is 0.00825. The smallest absolute Gasteiger partial charge is 0.353 e. The van der Waals surface area contributed by atoms with Gasteiger partial charge < -0.3 is 14.6 Å². The van der Waals surface area contributed by atoms with Crippen molar-refractivity contribution in [3.05, 3.63) is 0 Å². The molecule has 2 unspecified atom stereocenters. The summed E-state index contributed by atoms with van der Waals surface area (Å²) in [7, 11) is 0. The molecule has 2 atom stereocenters. The van der Waals surface area contributed by atoms with Crippen LogP contribution in [0.4, 0.5) is 52.7 Å². The molecule has 16 heteroatoms. The Morgan fingerprint density at radius 1 is 0.700 bits per heavy atom. The Morgan fingerprint density at radius 3 is 1.53 bits per heavy atom. The van der Waals surface area contributed by atoms with Gasteiger partial charge in [0, 0.05) is 6.61 Å². The van der Waals surface area contributed by atoms with E-state index < -0.39 is 48.5 Å². The molecule has 4 nitrogen and oxygen atoms in total. The van der Waals surface area contributed by atoms with Crippen molar-refractivity contribution in [2.24, 2.45) is 0 Å². The van der Waals surface area contributed by atoms with Crippen molar-refractivity contribution in [2.45, 2.75) is 82.1 Å². The maximum absolute atomic E-state index is 13.5. The summed E-state index contributed by atoms with van der Waals surface area (Å²) in [4.78, 5) is 0. The summed E-state index contributed by atoms with van der Waals surface area (Å²) < 4.78 is 170. The highest BCUT2D eigenvalue weighted by Crippen LogP contribution is 2.59. The predicted octanol–water partition coefficient (Wildman–Crippen LogP) is 5.25. The largest absolute Gasteiger partial charge is 0.428 e. The van der Waals surface area contributed by atoms with Crippen molar-refractivity contribution in [1.82, 2.24) is 0 Å². The monoisotopic (exact) mass is 478 g/mol. The van der Waals surface area contributed by atoms with Crippen LogP contribution in [0.15, 0.2) is 0 Å². The molecule has 0 aliphatic carbocycles. The summed E-state index contributed by atoms with van der Waals surface area (Å²) in [5.41, 5.74) is 0. The zero-order valence-corrected chi connectivity index (χ0v) is 15.5. The van der Waals surface area contributed by atoms with Gasteiger partial charge in [-0.3, -0.25) is 4.74 Å². The number of hydrogen-bond acceptors (Lipinski definition) is 4. The van der Waals surface area contributed by atoms with Gasteiger partial charge in [-0.2, -0.15) is 52.7 Å². The molecule has 0 fully saturated rings. The van der Waals surface area contributed by atoms with Gasteiger partial charge in [0.25, 0.3) is 0 Å². The quantitative estimate of drug-likeness (QED) is 0.223. The van der Waals surface area contributed by atoms with E-state index in [1.807, 2.05) is 0 Å². The first-order chi connectivity index (χ1) is 13.1. The molecule has 0 aliphatic rings. The zero-order chi connectivity index (χ0) is 24.4. The molecule has 30 heavy (non-hydrogen) atoms. The number of unbranched alkanes of at least 4 members (excludes halogenated alkanes) is 1. The van der Waals surface area contributed by atoms with Gasteiger partial charge >= 0.3 is 35.9 Å². The average molecular weight is 478 g/mol. The first-order valence-electron chi connectivity index (χ1n) is 8.04. The highest BCUT2D eigenvalue weighted by molar-refractivity contribution is 5.08. The Bertz CT molecular complexity index is 550. The topological polar surface area (TPSA) is 47.9 Å². The van der Waals surface area contributed by atoms with E-state index in [0.29, 0.717) is 19.8 Å². The van der Waals surface area contributed by atoms with E-state index in [0.717, 1.165) is 6.92 Å². The molecular formula is C14H18F12O4. The first-order valence-corrected chi connectivity index (χ1v) is 8.04. The molecule has 0 aromatic rings. The van der Waals surface area contributed by atoms with E-state index in [1.54, 1.807) is 6.92 Å². The molecule has 0 bridgehead atoms. The molecular weight excluding hydrogens is 460 g/mol. The van der Waals surface area contributed by atoms with Gasteiger partial charge in [-0.05, 0) is 20.3 Å².